The summed E-state index contributed by atoms with van der Waals surface area (Å²) in [4.78, 5) is 14.5. The summed E-state index contributed by atoms with van der Waals surface area (Å²) in [6, 6.07) is 26.2. The summed E-state index contributed by atoms with van der Waals surface area (Å²) in [5.74, 6) is 0.951. The minimum absolute atomic E-state index is 0.00720. The molecule has 1 aliphatic rings. The van der Waals surface area contributed by atoms with E-state index >= 15 is 0 Å². The van der Waals surface area contributed by atoms with Gasteiger partial charge in [0.05, 0.1) is 0 Å². The van der Waals surface area contributed by atoms with Gasteiger partial charge in [0.25, 0.3) is 0 Å². The first-order valence-electron chi connectivity index (χ1n) is 12.7. The van der Waals surface area contributed by atoms with Gasteiger partial charge >= 0.3 is 0 Å². The number of amides is 1. The van der Waals surface area contributed by atoms with Gasteiger partial charge in [-0.3, -0.25) is 4.79 Å². The number of piperidine rings is 1. The molecule has 35 heavy (non-hydrogen) atoms. The lowest BCUT2D eigenvalue weighted by atomic mass is 9.89. The Labute approximate surface area is 210 Å². The summed E-state index contributed by atoms with van der Waals surface area (Å²) in [7, 11) is 0. The Morgan fingerprint density at radius 2 is 1.69 bits per heavy atom. The third-order valence-electron chi connectivity index (χ3n) is 6.51. The zero-order valence-electron chi connectivity index (χ0n) is 21.1. The van der Waals surface area contributed by atoms with Crippen molar-refractivity contribution < 1.29 is 15.6 Å². The van der Waals surface area contributed by atoms with Crippen LogP contribution in [0, 0.1) is 5.92 Å². The number of nitrogens with zero attached hydrogens (tertiary/aromatic N) is 1. The van der Waals surface area contributed by atoms with Gasteiger partial charge in [-0.1, -0.05) is 68.4 Å². The molecule has 0 spiro atoms. The lowest BCUT2D eigenvalue weighted by Crippen LogP contribution is -2.39. The van der Waals surface area contributed by atoms with E-state index in [-0.39, 0.29) is 17.6 Å². The number of carbonyl (C=O) groups excluding carboxylic acids is 1. The first-order valence-corrected chi connectivity index (χ1v) is 12.7. The van der Waals surface area contributed by atoms with Crippen LogP contribution in [0.1, 0.15) is 50.2 Å². The highest BCUT2D eigenvalue weighted by atomic mass is 16.3. The Hall–Kier alpha value is -3.15. The number of hydrogen-bond donors (Lipinski definition) is 3. The molecule has 5 N–H and O–H groups in total. The van der Waals surface area contributed by atoms with E-state index in [1.165, 1.54) is 56.4 Å². The third-order valence-corrected chi connectivity index (χ3v) is 6.51. The number of nitrogens with one attached hydrogen (secondary N) is 1. The van der Waals surface area contributed by atoms with Gasteiger partial charge in [0.2, 0.25) is 5.91 Å². The van der Waals surface area contributed by atoms with Gasteiger partial charge in [0, 0.05) is 17.7 Å². The Kier molecular flexibility index (Phi) is 10.3. The van der Waals surface area contributed by atoms with Crippen molar-refractivity contribution in [1.29, 1.82) is 0 Å². The van der Waals surface area contributed by atoms with E-state index in [0.29, 0.717) is 11.6 Å². The van der Waals surface area contributed by atoms with Gasteiger partial charge in [-0.25, -0.2) is 0 Å². The second-order valence-corrected chi connectivity index (χ2v) is 9.60. The largest absolute Gasteiger partial charge is 0.503 e. The second-order valence-electron chi connectivity index (χ2n) is 9.60. The van der Waals surface area contributed by atoms with E-state index in [2.05, 4.69) is 64.5 Å². The number of phenols is 1. The number of para-hydroxylation sites is 1. The molecule has 5 heteroatoms. The molecule has 3 aromatic rings. The van der Waals surface area contributed by atoms with E-state index in [1.54, 1.807) is 18.2 Å². The topological polar surface area (TPSA) is 80.2 Å². The average Bonchev–Trinajstić information content (AvgIpc) is 2.87. The highest BCUT2D eigenvalue weighted by molar-refractivity contribution is 5.92. The fourth-order valence-corrected chi connectivity index (χ4v) is 4.31. The smallest absolute Gasteiger partial charge is 0.226 e. The first-order chi connectivity index (χ1) is 16.9. The maximum atomic E-state index is 11.9. The lowest BCUT2D eigenvalue weighted by molar-refractivity contribution is -0.256. The molecule has 5 nitrogen and oxygen atoms in total. The number of carbonyl (C=O) groups is 1. The fraction of sp³-hybridized carbons (Fsp3) is 0.367. The minimum Gasteiger partial charge on any atom is -0.503 e. The maximum Gasteiger partial charge on any atom is 0.226 e. The van der Waals surface area contributed by atoms with Crippen LogP contribution in [0.2, 0.25) is 0 Å². The van der Waals surface area contributed by atoms with Crippen molar-refractivity contribution in [2.24, 2.45) is 5.92 Å². The number of likely N-dealkylation sites (tertiary alicyclic amines) is 1. The lowest BCUT2D eigenvalue weighted by Gasteiger charge is -2.32. The summed E-state index contributed by atoms with van der Waals surface area (Å²) in [5.41, 5.74) is 7.97. The van der Waals surface area contributed by atoms with Gasteiger partial charge in [0.15, 0.2) is 11.4 Å². The summed E-state index contributed by atoms with van der Waals surface area (Å²) >= 11 is 0. The molecular formula is C30H40N3O2+. The van der Waals surface area contributed by atoms with Gasteiger partial charge in [-0.15, -0.1) is 0 Å². The van der Waals surface area contributed by atoms with Crippen molar-refractivity contribution in [3.63, 3.8) is 0 Å². The molecule has 3 aromatic carbocycles. The number of hydrogen-bond acceptors (Lipinski definition) is 3. The predicted molar refractivity (Wildman–Crippen MR) is 144 cm³/mol. The van der Waals surface area contributed by atoms with E-state index < -0.39 is 0 Å². The molecule has 1 heterocycles. The number of rotatable bonds is 7. The molecule has 4 rings (SSSR count). The van der Waals surface area contributed by atoms with Crippen LogP contribution >= 0.6 is 0 Å². The summed E-state index contributed by atoms with van der Waals surface area (Å²) in [5, 5.41) is 11.9. The van der Waals surface area contributed by atoms with Crippen LogP contribution in [0.5, 0.6) is 5.75 Å². The van der Waals surface area contributed by atoms with Crippen LogP contribution in [0.15, 0.2) is 78.9 Å². The third kappa shape index (κ3) is 8.85. The second kappa shape index (κ2) is 13.7. The van der Waals surface area contributed by atoms with E-state index in [9.17, 15) is 4.79 Å². The number of benzene rings is 3. The molecule has 0 unspecified atom stereocenters. The van der Waals surface area contributed by atoms with Crippen LogP contribution in [-0.2, 0) is 11.2 Å². The number of aryl methyl sites for hydroxylation is 1. The zero-order chi connectivity index (χ0) is 25.0. The number of aromatic hydroxyl groups is 1. The van der Waals surface area contributed by atoms with Gasteiger partial charge in [-0.05, 0) is 80.6 Å². The van der Waals surface area contributed by atoms with Crippen LogP contribution in [0.4, 0.5) is 11.4 Å². The quantitative estimate of drug-likeness (QED) is 0.431. The van der Waals surface area contributed by atoms with Crippen LogP contribution in [0.25, 0.3) is 0 Å². The molecule has 0 aromatic heterocycles. The number of phenolic OH excluding ortho intramolecular Hbond substituents is 1. The summed E-state index contributed by atoms with van der Waals surface area (Å²) < 4.78 is 0. The summed E-state index contributed by atoms with van der Waals surface area (Å²) in [6.45, 7) is 7.37. The van der Waals surface area contributed by atoms with Gasteiger partial charge < -0.3 is 21.1 Å². The molecule has 1 amide bonds. The molecule has 186 valence electrons. The molecule has 0 bridgehead atoms. The van der Waals surface area contributed by atoms with Crippen molar-refractivity contribution >= 4 is 17.3 Å². The Bertz CT molecular complexity index is 1020. The monoisotopic (exact) mass is 474 g/mol. The SMILES string of the molecule is CC(C)C(=O)Nc1cccc(C2CCN(CCCc3ccccc3)CC2)c1.[NH3+]c1ccccc1O. The van der Waals surface area contributed by atoms with Crippen LogP contribution in [0.3, 0.4) is 0 Å². The van der Waals surface area contributed by atoms with Crippen LogP contribution < -0.4 is 11.1 Å². The van der Waals surface area contributed by atoms with Gasteiger partial charge in [-0.2, -0.15) is 0 Å². The minimum atomic E-state index is 0.00720. The maximum absolute atomic E-state index is 11.9. The molecule has 0 aliphatic carbocycles. The molecule has 1 aliphatic heterocycles. The van der Waals surface area contributed by atoms with Crippen LogP contribution in [-0.4, -0.2) is 35.5 Å². The summed E-state index contributed by atoms with van der Waals surface area (Å²) in [6.07, 6.45) is 4.80. The van der Waals surface area contributed by atoms with Crippen molar-refractivity contribution in [3.8, 4) is 5.75 Å². The standard InChI is InChI=1S/C24H32N2O.C6H7NO/c1-19(2)24(27)25-23-12-6-11-22(18-23)21-13-16-26(17-14-21)15-7-10-20-8-4-3-5-9-20;7-5-3-1-2-4-6(5)8/h3-6,8-9,11-12,18-19,21H,7,10,13-17H2,1-2H3,(H,25,27);1-4,8H,7H2/p+1. The van der Waals surface area contributed by atoms with Crippen molar-refractivity contribution in [2.45, 2.75) is 45.4 Å². The molecule has 0 saturated carbocycles. The molecule has 0 atom stereocenters. The van der Waals surface area contributed by atoms with E-state index in [4.69, 9.17) is 5.11 Å². The predicted octanol–water partition coefficient (Wildman–Crippen LogP) is 5.36. The van der Waals surface area contributed by atoms with Crippen molar-refractivity contribution in [2.75, 3.05) is 25.0 Å². The first kappa shape index (κ1) is 26.5. The van der Waals surface area contributed by atoms with E-state index in [1.807, 2.05) is 26.0 Å². The van der Waals surface area contributed by atoms with Crippen molar-refractivity contribution in [3.05, 3.63) is 90.0 Å². The molecular weight excluding hydrogens is 434 g/mol. The molecule has 1 fully saturated rings. The number of quaternary nitrogens is 1. The highest BCUT2D eigenvalue weighted by Gasteiger charge is 2.20. The number of anilines is 1. The Morgan fingerprint density at radius 1 is 1.00 bits per heavy atom. The van der Waals surface area contributed by atoms with E-state index in [0.717, 1.165) is 5.69 Å². The Morgan fingerprint density at radius 3 is 2.31 bits per heavy atom. The normalized spacial score (nSPS) is 14.3. The van der Waals surface area contributed by atoms with Crippen molar-refractivity contribution in [1.82, 2.24) is 4.90 Å². The highest BCUT2D eigenvalue weighted by Crippen LogP contribution is 2.29. The molecule has 1 saturated heterocycles. The fourth-order valence-electron chi connectivity index (χ4n) is 4.31. The average molecular weight is 475 g/mol. The Balaban J connectivity index is 0.000000363. The van der Waals surface area contributed by atoms with Gasteiger partial charge in [0.1, 0.15) is 0 Å². The zero-order valence-corrected chi connectivity index (χ0v) is 21.1. The molecule has 0 radical (unpaired) electrons.